The van der Waals surface area contributed by atoms with Crippen molar-refractivity contribution >= 4 is 19.7 Å². The maximum absolute atomic E-state index is 11.2. The first-order valence-electron chi connectivity index (χ1n) is 6.25. The third-order valence-electron chi connectivity index (χ3n) is 3.23. The zero-order chi connectivity index (χ0) is 13.5. The average Bonchev–Trinajstić information content (AvgIpc) is 2.20. The third-order valence-corrected chi connectivity index (χ3v) is 4.51. The maximum Gasteiger partial charge on any atom is 0.233 e. The lowest BCUT2D eigenvalue weighted by atomic mass is 9.85. The fraction of sp³-hybridized carbons (Fsp3) is 1.00. The SMILES string of the molecule is CCC(CC)(COCCC(C)C)CS(=O)(=O)Cl. The lowest BCUT2D eigenvalue weighted by Crippen LogP contribution is -2.32. The normalized spacial score (nSPS) is 13.3. The van der Waals surface area contributed by atoms with E-state index in [0.29, 0.717) is 19.1 Å². The molecule has 0 radical (unpaired) electrons. The first-order chi connectivity index (χ1) is 7.74. The van der Waals surface area contributed by atoms with Crippen molar-refractivity contribution in [2.75, 3.05) is 19.0 Å². The first kappa shape index (κ1) is 17.2. The zero-order valence-corrected chi connectivity index (χ0v) is 12.9. The molecule has 5 heteroatoms. The Morgan fingerprint density at radius 2 is 1.76 bits per heavy atom. The summed E-state index contributed by atoms with van der Waals surface area (Å²) < 4.78 is 28.0. The molecule has 0 aromatic rings. The maximum atomic E-state index is 11.2. The van der Waals surface area contributed by atoms with Crippen LogP contribution in [-0.2, 0) is 13.8 Å². The molecule has 0 heterocycles. The molecule has 0 aliphatic rings. The Morgan fingerprint density at radius 3 is 2.12 bits per heavy atom. The van der Waals surface area contributed by atoms with Crippen LogP contribution in [0.4, 0.5) is 0 Å². The van der Waals surface area contributed by atoms with Gasteiger partial charge in [-0.25, -0.2) is 8.42 Å². The Labute approximate surface area is 110 Å². The van der Waals surface area contributed by atoms with Gasteiger partial charge in [0.1, 0.15) is 0 Å². The van der Waals surface area contributed by atoms with Crippen molar-refractivity contribution in [3.63, 3.8) is 0 Å². The van der Waals surface area contributed by atoms with Gasteiger partial charge in [0.05, 0.1) is 12.4 Å². The molecule has 0 aromatic carbocycles. The summed E-state index contributed by atoms with van der Waals surface area (Å²) in [7, 11) is 1.89. The van der Waals surface area contributed by atoms with Crippen LogP contribution in [0.25, 0.3) is 0 Å². The van der Waals surface area contributed by atoms with E-state index < -0.39 is 9.05 Å². The molecule has 0 unspecified atom stereocenters. The van der Waals surface area contributed by atoms with Gasteiger partial charge in [-0.05, 0) is 25.2 Å². The summed E-state index contributed by atoms with van der Waals surface area (Å²) in [6, 6.07) is 0. The number of hydrogen-bond donors (Lipinski definition) is 0. The molecule has 0 saturated carbocycles. The third kappa shape index (κ3) is 8.01. The molecule has 0 aliphatic carbocycles. The first-order valence-corrected chi connectivity index (χ1v) is 8.72. The number of ether oxygens (including phenoxy) is 1. The second-order valence-corrected chi connectivity index (χ2v) is 7.90. The lowest BCUT2D eigenvalue weighted by Gasteiger charge is -2.30. The van der Waals surface area contributed by atoms with Crippen LogP contribution in [0.5, 0.6) is 0 Å². The van der Waals surface area contributed by atoms with Gasteiger partial charge in [-0.2, -0.15) is 0 Å². The largest absolute Gasteiger partial charge is 0.381 e. The summed E-state index contributed by atoms with van der Waals surface area (Å²) >= 11 is 0. The van der Waals surface area contributed by atoms with Crippen LogP contribution in [0, 0.1) is 11.3 Å². The minimum atomic E-state index is -3.47. The topological polar surface area (TPSA) is 43.4 Å². The fourth-order valence-electron chi connectivity index (χ4n) is 1.67. The molecule has 0 bridgehead atoms. The highest BCUT2D eigenvalue weighted by molar-refractivity contribution is 8.13. The van der Waals surface area contributed by atoms with Crippen molar-refractivity contribution in [3.05, 3.63) is 0 Å². The zero-order valence-electron chi connectivity index (χ0n) is 11.3. The number of hydrogen-bond acceptors (Lipinski definition) is 3. The molecule has 17 heavy (non-hydrogen) atoms. The van der Waals surface area contributed by atoms with Gasteiger partial charge in [-0.3, -0.25) is 0 Å². The van der Waals surface area contributed by atoms with Gasteiger partial charge in [0.15, 0.2) is 0 Å². The van der Waals surface area contributed by atoms with Gasteiger partial charge in [0.2, 0.25) is 9.05 Å². The second-order valence-electron chi connectivity index (χ2n) is 5.13. The molecule has 3 nitrogen and oxygen atoms in total. The van der Waals surface area contributed by atoms with E-state index in [-0.39, 0.29) is 11.2 Å². The molecule has 0 fully saturated rings. The van der Waals surface area contributed by atoms with Crippen molar-refractivity contribution in [3.8, 4) is 0 Å². The van der Waals surface area contributed by atoms with E-state index >= 15 is 0 Å². The lowest BCUT2D eigenvalue weighted by molar-refractivity contribution is 0.0448. The number of halogens is 1. The van der Waals surface area contributed by atoms with Gasteiger partial charge in [-0.1, -0.05) is 27.7 Å². The van der Waals surface area contributed by atoms with Gasteiger partial charge in [0, 0.05) is 22.7 Å². The second kappa shape index (κ2) is 7.59. The summed E-state index contributed by atoms with van der Waals surface area (Å²) in [5, 5.41) is 0. The Balaban J connectivity index is 4.31. The Hall–Kier alpha value is 0.200. The van der Waals surface area contributed by atoms with E-state index in [9.17, 15) is 8.42 Å². The van der Waals surface area contributed by atoms with E-state index in [0.717, 1.165) is 19.3 Å². The van der Waals surface area contributed by atoms with E-state index in [1.165, 1.54) is 0 Å². The van der Waals surface area contributed by atoms with Crippen molar-refractivity contribution < 1.29 is 13.2 Å². The molecule has 0 aliphatic heterocycles. The van der Waals surface area contributed by atoms with Crippen molar-refractivity contribution in [1.82, 2.24) is 0 Å². The van der Waals surface area contributed by atoms with Crippen LogP contribution in [0.2, 0.25) is 0 Å². The van der Waals surface area contributed by atoms with E-state index in [2.05, 4.69) is 13.8 Å². The summed E-state index contributed by atoms with van der Waals surface area (Å²) in [5.74, 6) is 0.598. The monoisotopic (exact) mass is 284 g/mol. The summed E-state index contributed by atoms with van der Waals surface area (Å²) in [5.41, 5.74) is -0.336. The molecule has 0 aromatic heterocycles. The minimum absolute atomic E-state index is 0.00374. The van der Waals surface area contributed by atoms with Crippen LogP contribution in [-0.4, -0.2) is 27.4 Å². The van der Waals surface area contributed by atoms with Crippen LogP contribution in [0.1, 0.15) is 47.0 Å². The molecule has 0 amide bonds. The van der Waals surface area contributed by atoms with E-state index in [1.54, 1.807) is 0 Å². The Bertz CT molecular complexity index is 295. The highest BCUT2D eigenvalue weighted by Crippen LogP contribution is 2.30. The van der Waals surface area contributed by atoms with Crippen LogP contribution < -0.4 is 0 Å². The predicted octanol–water partition coefficient (Wildman–Crippen LogP) is 3.42. The Kier molecular flexibility index (Phi) is 7.68. The summed E-state index contributed by atoms with van der Waals surface area (Å²) in [4.78, 5) is 0. The van der Waals surface area contributed by atoms with Gasteiger partial charge < -0.3 is 4.74 Å². The van der Waals surface area contributed by atoms with Gasteiger partial charge in [-0.15, -0.1) is 0 Å². The average molecular weight is 285 g/mol. The highest BCUT2D eigenvalue weighted by Gasteiger charge is 2.31. The highest BCUT2D eigenvalue weighted by atomic mass is 35.7. The molecule has 104 valence electrons. The van der Waals surface area contributed by atoms with Crippen LogP contribution >= 0.6 is 10.7 Å². The van der Waals surface area contributed by atoms with Gasteiger partial charge >= 0.3 is 0 Å². The smallest absolute Gasteiger partial charge is 0.233 e. The number of rotatable bonds is 9. The van der Waals surface area contributed by atoms with Crippen molar-refractivity contribution in [1.29, 1.82) is 0 Å². The van der Waals surface area contributed by atoms with Crippen LogP contribution in [0.15, 0.2) is 0 Å². The van der Waals surface area contributed by atoms with E-state index in [1.807, 2.05) is 13.8 Å². The Morgan fingerprint density at radius 1 is 1.24 bits per heavy atom. The summed E-state index contributed by atoms with van der Waals surface area (Å²) in [6.07, 6.45) is 2.52. The van der Waals surface area contributed by atoms with Gasteiger partial charge in [0.25, 0.3) is 0 Å². The van der Waals surface area contributed by atoms with E-state index in [4.69, 9.17) is 15.4 Å². The molecule has 0 N–H and O–H groups in total. The molecular formula is C12H25ClO3S. The molecule has 0 rings (SSSR count). The minimum Gasteiger partial charge on any atom is -0.381 e. The molecule has 0 saturated heterocycles. The molecule has 0 atom stereocenters. The molecule has 0 spiro atoms. The fourth-order valence-corrected chi connectivity index (χ4v) is 3.59. The molecular weight excluding hydrogens is 260 g/mol. The quantitative estimate of drug-likeness (QED) is 0.481. The predicted molar refractivity (Wildman–Crippen MR) is 72.9 cm³/mol. The summed E-state index contributed by atoms with van der Waals surface area (Å²) in [6.45, 7) is 9.40. The van der Waals surface area contributed by atoms with Crippen molar-refractivity contribution in [2.24, 2.45) is 11.3 Å². The standard InChI is InChI=1S/C12H25ClO3S/c1-5-12(6-2,10-17(13,14)15)9-16-8-7-11(3)4/h11H,5-10H2,1-4H3. The van der Waals surface area contributed by atoms with Crippen molar-refractivity contribution in [2.45, 2.75) is 47.0 Å². The van der Waals surface area contributed by atoms with Crippen LogP contribution in [0.3, 0.4) is 0 Å².